The standard InChI is InChI=1S/C21H18BrFN4O/c22-16-12-25-27-20(24-11-13-5-6-19-14(9-13)7-8-28-19)10-18(26-21(16)27)15-3-1-2-4-17(15)23/h1-6,9-10,12,16,21,24H,7-8,11H2. The molecular formula is C21H18BrFN4O. The minimum Gasteiger partial charge on any atom is -0.493 e. The number of nitrogens with one attached hydrogen (secondary N) is 1. The summed E-state index contributed by atoms with van der Waals surface area (Å²) in [4.78, 5) is 4.68. The number of aliphatic imine (C=N–C) groups is 1. The Kier molecular flexibility index (Phi) is 4.39. The molecule has 0 bridgehead atoms. The van der Waals surface area contributed by atoms with Crippen molar-refractivity contribution in [2.45, 2.75) is 24.0 Å². The van der Waals surface area contributed by atoms with Gasteiger partial charge in [-0.05, 0) is 29.3 Å². The van der Waals surface area contributed by atoms with Crippen molar-refractivity contribution in [1.29, 1.82) is 0 Å². The molecular weight excluding hydrogens is 423 g/mol. The zero-order valence-electron chi connectivity index (χ0n) is 15.0. The van der Waals surface area contributed by atoms with Crippen molar-refractivity contribution < 1.29 is 9.13 Å². The van der Waals surface area contributed by atoms with Crippen molar-refractivity contribution >= 4 is 27.9 Å². The number of halogens is 2. The van der Waals surface area contributed by atoms with Crippen LogP contribution in [0.4, 0.5) is 4.39 Å². The molecule has 2 atom stereocenters. The first-order valence-electron chi connectivity index (χ1n) is 9.19. The van der Waals surface area contributed by atoms with Gasteiger partial charge in [0.05, 0.1) is 17.1 Å². The summed E-state index contributed by atoms with van der Waals surface area (Å²) < 4.78 is 19.9. The minimum atomic E-state index is -0.283. The Bertz CT molecular complexity index is 1020. The lowest BCUT2D eigenvalue weighted by Gasteiger charge is -2.30. The van der Waals surface area contributed by atoms with Crippen molar-refractivity contribution in [3.05, 3.63) is 76.9 Å². The number of ether oxygens (including phenoxy) is 1. The van der Waals surface area contributed by atoms with Crippen LogP contribution in [0.2, 0.25) is 0 Å². The second-order valence-corrected chi connectivity index (χ2v) is 7.94. The molecule has 2 unspecified atom stereocenters. The monoisotopic (exact) mass is 440 g/mol. The molecule has 0 radical (unpaired) electrons. The van der Waals surface area contributed by atoms with Gasteiger partial charge >= 0.3 is 0 Å². The number of hydrogen-bond donors (Lipinski definition) is 1. The highest BCUT2D eigenvalue weighted by Crippen LogP contribution is 2.29. The highest BCUT2D eigenvalue weighted by atomic mass is 79.9. The number of fused-ring (bicyclic) bond motifs is 2. The van der Waals surface area contributed by atoms with Gasteiger partial charge in [0, 0.05) is 30.8 Å². The third-order valence-electron chi connectivity index (χ3n) is 5.04. The largest absolute Gasteiger partial charge is 0.493 e. The Hall–Kier alpha value is -2.67. The van der Waals surface area contributed by atoms with E-state index < -0.39 is 0 Å². The maximum Gasteiger partial charge on any atom is 0.161 e. The van der Waals surface area contributed by atoms with Crippen LogP contribution in [0, 0.1) is 5.82 Å². The average molecular weight is 441 g/mol. The van der Waals surface area contributed by atoms with E-state index in [0.29, 0.717) is 17.8 Å². The molecule has 3 aliphatic heterocycles. The van der Waals surface area contributed by atoms with Gasteiger partial charge < -0.3 is 10.1 Å². The summed E-state index contributed by atoms with van der Waals surface area (Å²) in [6.45, 7) is 1.38. The number of hydrazone groups is 1. The average Bonchev–Trinajstić information content (AvgIpc) is 3.33. The van der Waals surface area contributed by atoms with Crippen molar-refractivity contribution in [2.24, 2.45) is 10.1 Å². The molecule has 3 heterocycles. The van der Waals surface area contributed by atoms with Gasteiger partial charge in [-0.15, -0.1) is 0 Å². The van der Waals surface area contributed by atoms with Crippen molar-refractivity contribution in [3.63, 3.8) is 0 Å². The van der Waals surface area contributed by atoms with Crippen LogP contribution in [-0.2, 0) is 13.0 Å². The van der Waals surface area contributed by atoms with E-state index in [9.17, 15) is 4.39 Å². The molecule has 28 heavy (non-hydrogen) atoms. The fourth-order valence-electron chi connectivity index (χ4n) is 3.61. The fourth-order valence-corrected chi connectivity index (χ4v) is 4.06. The number of hydrogen-bond acceptors (Lipinski definition) is 5. The summed E-state index contributed by atoms with van der Waals surface area (Å²) in [5.74, 6) is 1.49. The molecule has 2 aromatic carbocycles. The molecule has 5 nitrogen and oxygen atoms in total. The normalized spacial score (nSPS) is 22.3. The number of rotatable bonds is 4. The first kappa shape index (κ1) is 17.4. The van der Waals surface area contributed by atoms with Gasteiger partial charge in [-0.3, -0.25) is 4.99 Å². The lowest BCUT2D eigenvalue weighted by molar-refractivity contribution is 0.280. The third-order valence-corrected chi connectivity index (χ3v) is 5.75. The molecule has 0 fully saturated rings. The van der Waals surface area contributed by atoms with E-state index in [1.54, 1.807) is 18.3 Å². The Morgan fingerprint density at radius 3 is 3.04 bits per heavy atom. The van der Waals surface area contributed by atoms with Gasteiger partial charge in [0.2, 0.25) is 0 Å². The van der Waals surface area contributed by atoms with E-state index in [4.69, 9.17) is 9.73 Å². The molecule has 5 rings (SSSR count). The highest BCUT2D eigenvalue weighted by Gasteiger charge is 2.34. The van der Waals surface area contributed by atoms with Gasteiger partial charge in [-0.25, -0.2) is 9.40 Å². The molecule has 0 spiro atoms. The van der Waals surface area contributed by atoms with E-state index in [0.717, 1.165) is 30.2 Å². The summed E-state index contributed by atoms with van der Waals surface area (Å²) in [6, 6.07) is 12.9. The molecule has 1 N–H and O–H groups in total. The predicted molar refractivity (Wildman–Crippen MR) is 110 cm³/mol. The first-order chi connectivity index (χ1) is 13.7. The van der Waals surface area contributed by atoms with Gasteiger partial charge in [-0.1, -0.05) is 40.2 Å². The van der Waals surface area contributed by atoms with Crippen LogP contribution in [0.1, 0.15) is 16.7 Å². The smallest absolute Gasteiger partial charge is 0.161 e. The lowest BCUT2D eigenvalue weighted by atomic mass is 10.1. The van der Waals surface area contributed by atoms with E-state index in [-0.39, 0.29) is 16.8 Å². The molecule has 0 aliphatic carbocycles. The van der Waals surface area contributed by atoms with E-state index in [1.807, 2.05) is 23.2 Å². The van der Waals surface area contributed by atoms with Crippen LogP contribution in [-0.4, -0.2) is 34.5 Å². The summed E-state index contributed by atoms with van der Waals surface area (Å²) in [7, 11) is 0. The van der Waals surface area contributed by atoms with Gasteiger partial charge in [0.1, 0.15) is 17.4 Å². The van der Waals surface area contributed by atoms with Crippen LogP contribution in [0.15, 0.2) is 64.5 Å². The molecule has 0 aromatic heterocycles. The Morgan fingerprint density at radius 1 is 1.25 bits per heavy atom. The Labute approximate surface area is 170 Å². The van der Waals surface area contributed by atoms with Gasteiger partial charge in [0.25, 0.3) is 0 Å². The van der Waals surface area contributed by atoms with Crippen LogP contribution >= 0.6 is 15.9 Å². The third kappa shape index (κ3) is 3.09. The maximum absolute atomic E-state index is 14.3. The second-order valence-electron chi connectivity index (χ2n) is 6.89. The van der Waals surface area contributed by atoms with Gasteiger partial charge in [-0.2, -0.15) is 5.10 Å². The first-order valence-corrected chi connectivity index (χ1v) is 10.1. The van der Waals surface area contributed by atoms with Crippen molar-refractivity contribution in [3.8, 4) is 5.75 Å². The maximum atomic E-state index is 14.3. The van der Waals surface area contributed by atoms with Crippen molar-refractivity contribution in [1.82, 2.24) is 10.3 Å². The highest BCUT2D eigenvalue weighted by molar-refractivity contribution is 9.10. The summed E-state index contributed by atoms with van der Waals surface area (Å²) in [6.07, 6.45) is 4.37. The number of benzene rings is 2. The SMILES string of the molecule is Fc1ccccc1C1=NC2C(Br)C=NN2C(NCc2ccc3c(c2)CCO3)=C1. The van der Waals surface area contributed by atoms with E-state index in [1.165, 1.54) is 11.6 Å². The number of allylic oxidation sites excluding steroid dienone is 1. The lowest BCUT2D eigenvalue weighted by Crippen LogP contribution is -2.39. The van der Waals surface area contributed by atoms with Crippen LogP contribution in [0.25, 0.3) is 0 Å². The molecule has 0 amide bonds. The Morgan fingerprint density at radius 2 is 2.14 bits per heavy atom. The van der Waals surface area contributed by atoms with Crippen LogP contribution < -0.4 is 10.1 Å². The van der Waals surface area contributed by atoms with Gasteiger partial charge in [0.15, 0.2) is 6.17 Å². The molecule has 7 heteroatoms. The zero-order chi connectivity index (χ0) is 19.1. The zero-order valence-corrected chi connectivity index (χ0v) is 16.6. The predicted octanol–water partition coefficient (Wildman–Crippen LogP) is 3.59. The van der Waals surface area contributed by atoms with Crippen LogP contribution in [0.3, 0.4) is 0 Å². The second kappa shape index (κ2) is 7.05. The summed E-state index contributed by atoms with van der Waals surface area (Å²) >= 11 is 3.60. The fraction of sp³-hybridized carbons (Fsp3) is 0.238. The van der Waals surface area contributed by atoms with Crippen molar-refractivity contribution in [2.75, 3.05) is 6.61 Å². The molecule has 2 aromatic rings. The Balaban J connectivity index is 1.42. The molecule has 0 saturated carbocycles. The summed E-state index contributed by atoms with van der Waals surface area (Å²) in [5, 5.41) is 9.73. The quantitative estimate of drug-likeness (QED) is 0.739. The molecule has 142 valence electrons. The number of nitrogens with zero attached hydrogens (tertiary/aromatic N) is 3. The van der Waals surface area contributed by atoms with E-state index in [2.05, 4.69) is 38.5 Å². The molecule has 0 saturated heterocycles. The number of alkyl halides is 1. The topological polar surface area (TPSA) is 49.2 Å². The summed E-state index contributed by atoms with van der Waals surface area (Å²) in [5.41, 5.74) is 3.50. The van der Waals surface area contributed by atoms with Crippen LogP contribution in [0.5, 0.6) is 5.75 Å². The molecule has 3 aliphatic rings. The van der Waals surface area contributed by atoms with E-state index >= 15 is 0 Å². The minimum absolute atomic E-state index is 0.0306.